The Hall–Kier alpha value is -3.45. The van der Waals surface area contributed by atoms with E-state index in [1.807, 2.05) is 51.1 Å². The number of carbonyl (C=O) groups excluding carboxylic acids is 1. The molecule has 1 saturated heterocycles. The number of ether oxygens (including phenoxy) is 3. The zero-order valence-electron chi connectivity index (χ0n) is 20.4. The van der Waals surface area contributed by atoms with Crippen LogP contribution in [0.3, 0.4) is 0 Å². The van der Waals surface area contributed by atoms with Crippen molar-refractivity contribution in [3.63, 3.8) is 0 Å². The van der Waals surface area contributed by atoms with Crippen molar-refractivity contribution in [1.82, 2.24) is 9.55 Å². The average Bonchev–Trinajstić information content (AvgIpc) is 3.27. The van der Waals surface area contributed by atoms with E-state index in [0.29, 0.717) is 23.4 Å². The molecule has 1 fully saturated rings. The zero-order valence-corrected chi connectivity index (χ0v) is 20.4. The van der Waals surface area contributed by atoms with Gasteiger partial charge in [-0.25, -0.2) is 4.98 Å². The van der Waals surface area contributed by atoms with Crippen molar-refractivity contribution < 1.29 is 19.0 Å². The number of nitrogens with zero attached hydrogens (tertiary/aromatic N) is 2. The molecule has 0 unspecified atom stereocenters. The summed E-state index contributed by atoms with van der Waals surface area (Å²) in [6.07, 6.45) is 0. The van der Waals surface area contributed by atoms with E-state index >= 15 is 0 Å². The van der Waals surface area contributed by atoms with Crippen molar-refractivity contribution in [2.75, 3.05) is 7.11 Å². The lowest BCUT2D eigenvalue weighted by Crippen LogP contribution is -2.43. The van der Waals surface area contributed by atoms with Crippen molar-refractivity contribution in [1.29, 1.82) is 0 Å². The first-order valence-electron chi connectivity index (χ1n) is 11.2. The number of benzene rings is 1. The molecule has 4 heterocycles. The summed E-state index contributed by atoms with van der Waals surface area (Å²) < 4.78 is 19.4. The molecule has 0 aliphatic carbocycles. The van der Waals surface area contributed by atoms with Gasteiger partial charge in [0.2, 0.25) is 0 Å². The number of pyridine rings is 2. The van der Waals surface area contributed by atoms with E-state index in [-0.39, 0.29) is 11.5 Å². The largest absolute Gasteiger partial charge is 0.528 e. The van der Waals surface area contributed by atoms with Crippen LogP contribution in [0.25, 0.3) is 22.3 Å². The molecule has 34 heavy (non-hydrogen) atoms. The molecule has 0 saturated carbocycles. The third-order valence-electron chi connectivity index (χ3n) is 7.11. The van der Waals surface area contributed by atoms with Gasteiger partial charge in [-0.2, -0.15) is 0 Å². The molecule has 2 atom stereocenters. The first-order chi connectivity index (χ1) is 15.9. The van der Waals surface area contributed by atoms with Gasteiger partial charge in [-0.05, 0) is 42.8 Å². The van der Waals surface area contributed by atoms with Gasteiger partial charge < -0.3 is 14.1 Å². The number of methoxy groups -OCH3 is 1. The number of aromatic nitrogens is 2. The van der Waals surface area contributed by atoms with Crippen LogP contribution in [0.1, 0.15) is 45.7 Å². The van der Waals surface area contributed by atoms with E-state index < -0.39 is 16.8 Å². The number of hydrogen-bond donors (Lipinski definition) is 0. The van der Waals surface area contributed by atoms with Gasteiger partial charge in [0.1, 0.15) is 5.75 Å². The second-order valence-corrected chi connectivity index (χ2v) is 10.3. The standard InChI is InChI=1S/C27H28N2O5/c1-15(2)27(24(31)33-26(6,34-27)25(3,4)5)18-12-21-23-17(14-29(21)22(30)13-18)10-16-11-19(32-7)8-9-20(16)28-23/h8-13H,1,14H2,2-7H3/p+1/t26-,27+/m1/s1. The topological polar surface area (TPSA) is 84.0 Å². The van der Waals surface area contributed by atoms with Gasteiger partial charge >= 0.3 is 11.8 Å². The van der Waals surface area contributed by atoms with Crippen LogP contribution in [-0.2, 0) is 21.6 Å². The SMILES string of the molecule is C=C(C)[C@@]1(c2cc3n(c(=O)c2)Cc2cc4cc(OC)ccc4nc2-3)O[C@](C)(C(C)(C)C)OC1=[OH+]. The Morgan fingerprint density at radius 1 is 1.24 bits per heavy atom. The minimum Gasteiger partial charge on any atom is -0.497 e. The second kappa shape index (κ2) is 7.03. The van der Waals surface area contributed by atoms with Crippen molar-refractivity contribution >= 4 is 16.9 Å². The lowest BCUT2D eigenvalue weighted by molar-refractivity contribution is -0.224. The van der Waals surface area contributed by atoms with Gasteiger partial charge in [0.25, 0.3) is 11.2 Å². The Morgan fingerprint density at radius 3 is 2.59 bits per heavy atom. The monoisotopic (exact) mass is 461 g/mol. The number of hydrogen-bond acceptors (Lipinski definition) is 5. The minimum absolute atomic E-state index is 0.214. The molecule has 5 rings (SSSR count). The van der Waals surface area contributed by atoms with Crippen LogP contribution >= 0.6 is 0 Å². The van der Waals surface area contributed by atoms with Crippen LogP contribution < -0.4 is 10.3 Å². The zero-order chi connectivity index (χ0) is 24.6. The fraction of sp³-hybridized carbons (Fsp3) is 0.370. The fourth-order valence-electron chi connectivity index (χ4n) is 4.61. The van der Waals surface area contributed by atoms with E-state index in [2.05, 4.69) is 6.58 Å². The summed E-state index contributed by atoms with van der Waals surface area (Å²) in [5.41, 5.74) is 1.97. The van der Waals surface area contributed by atoms with Gasteiger partial charge in [0.05, 0.1) is 36.0 Å². The summed E-state index contributed by atoms with van der Waals surface area (Å²) >= 11 is 0. The smallest absolute Gasteiger partial charge is 0.497 e. The normalized spacial score (nSPS) is 23.5. The molecule has 0 spiro atoms. The summed E-state index contributed by atoms with van der Waals surface area (Å²) in [6.45, 7) is 13.9. The molecule has 7 nitrogen and oxygen atoms in total. The van der Waals surface area contributed by atoms with Crippen molar-refractivity contribution in [2.24, 2.45) is 5.41 Å². The Balaban J connectivity index is 1.70. The molecule has 0 amide bonds. The number of cyclic esters (lactones) is 1. The van der Waals surface area contributed by atoms with E-state index in [9.17, 15) is 9.59 Å². The van der Waals surface area contributed by atoms with Crippen LogP contribution in [0, 0.1) is 5.41 Å². The second-order valence-electron chi connectivity index (χ2n) is 10.3. The summed E-state index contributed by atoms with van der Waals surface area (Å²) in [7, 11) is 1.63. The molecular formula is C27H29N2O5+. The molecule has 7 heteroatoms. The molecule has 2 aliphatic heterocycles. The summed E-state index contributed by atoms with van der Waals surface area (Å²) in [5, 5.41) is 0.942. The molecule has 2 aromatic heterocycles. The number of rotatable bonds is 3. The number of fused-ring (bicyclic) bond motifs is 4. The first kappa shape index (κ1) is 22.3. The van der Waals surface area contributed by atoms with E-state index in [1.54, 1.807) is 25.5 Å². The summed E-state index contributed by atoms with van der Waals surface area (Å²) in [5.74, 6) is -0.700. The maximum absolute atomic E-state index is 13.3. The van der Waals surface area contributed by atoms with Crippen LogP contribution in [-0.4, -0.2) is 33.2 Å². The first-order valence-corrected chi connectivity index (χ1v) is 11.2. The third-order valence-corrected chi connectivity index (χ3v) is 7.11. The van der Waals surface area contributed by atoms with Crippen molar-refractivity contribution in [3.05, 3.63) is 70.0 Å². The Bertz CT molecular complexity index is 1450. The van der Waals surface area contributed by atoms with Crippen LogP contribution in [0.15, 0.2) is 53.3 Å². The van der Waals surface area contributed by atoms with Crippen LogP contribution in [0.4, 0.5) is 0 Å². The highest BCUT2D eigenvalue weighted by atomic mass is 16.8. The van der Waals surface area contributed by atoms with E-state index in [4.69, 9.17) is 19.2 Å². The molecule has 0 radical (unpaired) electrons. The Morgan fingerprint density at radius 2 is 1.97 bits per heavy atom. The Labute approximate surface area is 198 Å². The summed E-state index contributed by atoms with van der Waals surface area (Å²) in [4.78, 5) is 29.2. The molecule has 176 valence electrons. The molecule has 1 N–H and O–H groups in total. The predicted molar refractivity (Wildman–Crippen MR) is 131 cm³/mol. The highest BCUT2D eigenvalue weighted by Crippen LogP contribution is 2.51. The average molecular weight is 462 g/mol. The van der Waals surface area contributed by atoms with Gasteiger partial charge in [-0.1, -0.05) is 27.4 Å². The number of esters is 1. The van der Waals surface area contributed by atoms with Crippen molar-refractivity contribution in [2.45, 2.75) is 52.6 Å². The van der Waals surface area contributed by atoms with Crippen LogP contribution in [0.2, 0.25) is 0 Å². The summed E-state index contributed by atoms with van der Waals surface area (Å²) in [6, 6.07) is 11.1. The van der Waals surface area contributed by atoms with Gasteiger partial charge in [0.15, 0.2) is 0 Å². The van der Waals surface area contributed by atoms with Gasteiger partial charge in [0, 0.05) is 29.5 Å². The highest BCUT2D eigenvalue weighted by molar-refractivity contribution is 5.89. The third kappa shape index (κ3) is 2.96. The van der Waals surface area contributed by atoms with Crippen LogP contribution in [0.5, 0.6) is 5.75 Å². The molecular weight excluding hydrogens is 432 g/mol. The van der Waals surface area contributed by atoms with Gasteiger partial charge in [-0.3, -0.25) is 14.3 Å². The highest BCUT2D eigenvalue weighted by Gasteiger charge is 2.69. The van der Waals surface area contributed by atoms with Gasteiger partial charge in [-0.15, -0.1) is 0 Å². The predicted octanol–water partition coefficient (Wildman–Crippen LogP) is 4.52. The minimum atomic E-state index is -1.47. The Kier molecular flexibility index (Phi) is 4.62. The molecule has 1 aromatic carbocycles. The lowest BCUT2D eigenvalue weighted by Gasteiger charge is -2.32. The maximum atomic E-state index is 13.3. The van der Waals surface area contributed by atoms with Crippen molar-refractivity contribution in [3.8, 4) is 17.1 Å². The fourth-order valence-corrected chi connectivity index (χ4v) is 4.61. The maximum Gasteiger partial charge on any atom is 0.528 e. The quantitative estimate of drug-likeness (QED) is 0.255. The molecule has 2 aliphatic rings. The molecule has 0 bridgehead atoms. The lowest BCUT2D eigenvalue weighted by atomic mass is 9.85. The molecule has 3 aromatic rings. The van der Waals surface area contributed by atoms with E-state index in [0.717, 1.165) is 27.9 Å². The van der Waals surface area contributed by atoms with E-state index in [1.165, 1.54) is 6.07 Å².